The molecule has 5 nitrogen and oxygen atoms in total. The van der Waals surface area contributed by atoms with Gasteiger partial charge >= 0.3 is 5.97 Å². The van der Waals surface area contributed by atoms with Gasteiger partial charge in [0.05, 0.1) is 5.41 Å². The van der Waals surface area contributed by atoms with Crippen LogP contribution in [0.2, 0.25) is 0 Å². The van der Waals surface area contributed by atoms with Gasteiger partial charge in [0.25, 0.3) is 5.91 Å². The molecule has 0 radical (unpaired) electrons. The van der Waals surface area contributed by atoms with E-state index >= 15 is 0 Å². The standard InChI is InChI=1S/C15H18BrNO4/c16-11-4-3-5-12(8-11)21-9-13(18)17-10-15(14(19)20)6-1-2-7-15/h3-5,8H,1-2,6-7,9-10H2,(H,17,18)(H,19,20). The van der Waals surface area contributed by atoms with Crippen molar-refractivity contribution in [2.45, 2.75) is 25.7 Å². The molecule has 1 amide bonds. The topological polar surface area (TPSA) is 75.6 Å². The zero-order valence-electron chi connectivity index (χ0n) is 11.6. The molecular weight excluding hydrogens is 338 g/mol. The van der Waals surface area contributed by atoms with Crippen LogP contribution in [0.4, 0.5) is 0 Å². The molecule has 0 aliphatic heterocycles. The Kier molecular flexibility index (Phi) is 5.22. The molecule has 1 aliphatic rings. The number of amides is 1. The molecule has 0 atom stereocenters. The van der Waals surface area contributed by atoms with Crippen molar-refractivity contribution in [3.63, 3.8) is 0 Å². The first-order valence-corrected chi connectivity index (χ1v) is 7.70. The Morgan fingerprint density at radius 1 is 1.33 bits per heavy atom. The molecule has 1 aromatic rings. The quantitative estimate of drug-likeness (QED) is 0.822. The maximum absolute atomic E-state index is 11.8. The van der Waals surface area contributed by atoms with E-state index in [1.807, 2.05) is 12.1 Å². The molecule has 0 saturated heterocycles. The number of carboxylic acids is 1. The molecule has 0 spiro atoms. The molecule has 1 fully saturated rings. The van der Waals surface area contributed by atoms with Crippen LogP contribution in [0.25, 0.3) is 0 Å². The van der Waals surface area contributed by atoms with Gasteiger partial charge < -0.3 is 15.2 Å². The van der Waals surface area contributed by atoms with Crippen molar-refractivity contribution in [2.75, 3.05) is 13.2 Å². The second kappa shape index (κ2) is 6.93. The molecular formula is C15H18BrNO4. The molecule has 1 aliphatic carbocycles. The van der Waals surface area contributed by atoms with Gasteiger partial charge in [-0.15, -0.1) is 0 Å². The van der Waals surface area contributed by atoms with E-state index in [1.54, 1.807) is 12.1 Å². The van der Waals surface area contributed by atoms with Gasteiger partial charge in [-0.2, -0.15) is 0 Å². The van der Waals surface area contributed by atoms with Crippen molar-refractivity contribution in [3.05, 3.63) is 28.7 Å². The first-order chi connectivity index (χ1) is 10.0. The van der Waals surface area contributed by atoms with Gasteiger partial charge in [-0.05, 0) is 31.0 Å². The summed E-state index contributed by atoms with van der Waals surface area (Å²) in [7, 11) is 0. The van der Waals surface area contributed by atoms with Gasteiger partial charge in [0.2, 0.25) is 0 Å². The summed E-state index contributed by atoms with van der Waals surface area (Å²) in [6.07, 6.45) is 3.04. The lowest BCUT2D eigenvalue weighted by molar-refractivity contribution is -0.148. The van der Waals surface area contributed by atoms with Gasteiger partial charge in [-0.3, -0.25) is 9.59 Å². The predicted octanol–water partition coefficient (Wildman–Crippen LogP) is 2.59. The molecule has 6 heteroatoms. The summed E-state index contributed by atoms with van der Waals surface area (Å²) in [5.74, 6) is -0.538. The second-order valence-electron chi connectivity index (χ2n) is 5.32. The van der Waals surface area contributed by atoms with E-state index in [0.717, 1.165) is 17.3 Å². The van der Waals surface area contributed by atoms with Crippen LogP contribution in [0.3, 0.4) is 0 Å². The highest BCUT2D eigenvalue weighted by Gasteiger charge is 2.41. The number of carbonyl (C=O) groups excluding carboxylic acids is 1. The largest absolute Gasteiger partial charge is 0.484 e. The highest BCUT2D eigenvalue weighted by molar-refractivity contribution is 9.10. The summed E-state index contributed by atoms with van der Waals surface area (Å²) in [5, 5.41) is 12.0. The van der Waals surface area contributed by atoms with E-state index in [-0.39, 0.29) is 19.1 Å². The van der Waals surface area contributed by atoms with Crippen LogP contribution < -0.4 is 10.1 Å². The third-order valence-corrected chi connectivity index (χ3v) is 4.30. The lowest BCUT2D eigenvalue weighted by atomic mass is 9.86. The first kappa shape index (κ1) is 15.8. The third kappa shape index (κ3) is 4.20. The van der Waals surface area contributed by atoms with Crippen molar-refractivity contribution < 1.29 is 19.4 Å². The third-order valence-electron chi connectivity index (χ3n) is 3.80. The highest BCUT2D eigenvalue weighted by Crippen LogP contribution is 2.37. The Morgan fingerprint density at radius 2 is 2.05 bits per heavy atom. The number of carbonyl (C=O) groups is 2. The molecule has 2 rings (SSSR count). The lowest BCUT2D eigenvalue weighted by Gasteiger charge is -2.23. The van der Waals surface area contributed by atoms with E-state index in [9.17, 15) is 14.7 Å². The van der Waals surface area contributed by atoms with Crippen LogP contribution in [0.5, 0.6) is 5.75 Å². The van der Waals surface area contributed by atoms with Gasteiger partial charge in [0, 0.05) is 11.0 Å². The average molecular weight is 356 g/mol. The zero-order valence-corrected chi connectivity index (χ0v) is 13.2. The number of benzene rings is 1. The van der Waals surface area contributed by atoms with E-state index in [0.29, 0.717) is 18.6 Å². The normalized spacial score (nSPS) is 16.4. The Hall–Kier alpha value is -1.56. The molecule has 1 aromatic carbocycles. The molecule has 114 valence electrons. The summed E-state index contributed by atoms with van der Waals surface area (Å²) in [6.45, 7) is 0.0508. The summed E-state index contributed by atoms with van der Waals surface area (Å²) >= 11 is 3.32. The Bertz CT molecular complexity index is 526. The van der Waals surface area contributed by atoms with Gasteiger partial charge in [-0.1, -0.05) is 34.8 Å². The average Bonchev–Trinajstić information content (AvgIpc) is 2.93. The Labute approximate surface area is 131 Å². The van der Waals surface area contributed by atoms with Gasteiger partial charge in [0.15, 0.2) is 6.61 Å². The second-order valence-corrected chi connectivity index (χ2v) is 6.23. The summed E-state index contributed by atoms with van der Waals surface area (Å²) < 4.78 is 6.24. The van der Waals surface area contributed by atoms with Crippen molar-refractivity contribution in [3.8, 4) is 5.75 Å². The fourth-order valence-electron chi connectivity index (χ4n) is 2.54. The van der Waals surface area contributed by atoms with Gasteiger partial charge in [-0.25, -0.2) is 0 Å². The smallest absolute Gasteiger partial charge is 0.311 e. The number of rotatable bonds is 6. The van der Waals surface area contributed by atoms with Crippen molar-refractivity contribution in [2.24, 2.45) is 5.41 Å². The predicted molar refractivity (Wildman–Crippen MR) is 81.2 cm³/mol. The molecule has 0 aromatic heterocycles. The summed E-state index contributed by atoms with van der Waals surface area (Å²) in [5.41, 5.74) is -0.800. The SMILES string of the molecule is O=C(COc1cccc(Br)c1)NCC1(C(=O)O)CCCC1. The number of hydrogen-bond donors (Lipinski definition) is 2. The van der Waals surface area contributed by atoms with Crippen LogP contribution >= 0.6 is 15.9 Å². The molecule has 0 bridgehead atoms. The number of ether oxygens (including phenoxy) is 1. The van der Waals surface area contributed by atoms with Crippen LogP contribution in [0.15, 0.2) is 28.7 Å². The van der Waals surface area contributed by atoms with Crippen LogP contribution in [-0.4, -0.2) is 30.1 Å². The first-order valence-electron chi connectivity index (χ1n) is 6.90. The Morgan fingerprint density at radius 3 is 2.67 bits per heavy atom. The van der Waals surface area contributed by atoms with Gasteiger partial charge in [0.1, 0.15) is 5.75 Å². The lowest BCUT2D eigenvalue weighted by Crippen LogP contribution is -2.42. The van der Waals surface area contributed by atoms with Crippen molar-refractivity contribution in [1.29, 1.82) is 0 Å². The fourth-order valence-corrected chi connectivity index (χ4v) is 2.92. The summed E-state index contributed by atoms with van der Waals surface area (Å²) in [4.78, 5) is 23.1. The molecule has 2 N–H and O–H groups in total. The fraction of sp³-hybridized carbons (Fsp3) is 0.467. The minimum atomic E-state index is -0.826. The maximum atomic E-state index is 11.8. The van der Waals surface area contributed by atoms with Crippen LogP contribution in [0, 0.1) is 5.41 Å². The molecule has 1 saturated carbocycles. The van der Waals surface area contributed by atoms with E-state index in [1.165, 1.54) is 0 Å². The number of halogens is 1. The van der Waals surface area contributed by atoms with Crippen molar-refractivity contribution >= 4 is 27.8 Å². The number of carboxylic acid groups (broad SMARTS) is 1. The molecule has 21 heavy (non-hydrogen) atoms. The molecule has 0 unspecified atom stereocenters. The van der Waals surface area contributed by atoms with E-state index in [4.69, 9.17) is 4.74 Å². The number of aliphatic carboxylic acids is 1. The Balaban J connectivity index is 1.81. The van der Waals surface area contributed by atoms with E-state index < -0.39 is 11.4 Å². The van der Waals surface area contributed by atoms with E-state index in [2.05, 4.69) is 21.2 Å². The number of hydrogen-bond acceptors (Lipinski definition) is 3. The van der Waals surface area contributed by atoms with Crippen LogP contribution in [0.1, 0.15) is 25.7 Å². The van der Waals surface area contributed by atoms with Crippen LogP contribution in [-0.2, 0) is 9.59 Å². The minimum absolute atomic E-state index is 0.119. The van der Waals surface area contributed by atoms with Crippen molar-refractivity contribution in [1.82, 2.24) is 5.32 Å². The minimum Gasteiger partial charge on any atom is -0.484 e. The molecule has 0 heterocycles. The highest BCUT2D eigenvalue weighted by atomic mass is 79.9. The monoisotopic (exact) mass is 355 g/mol. The maximum Gasteiger partial charge on any atom is 0.311 e. The number of nitrogens with one attached hydrogen (secondary N) is 1. The zero-order chi connectivity index (χ0) is 15.3. The summed E-state index contributed by atoms with van der Waals surface area (Å²) in [6, 6.07) is 7.20.